The maximum absolute atomic E-state index is 11.3. The number of hydrogen-bond acceptors (Lipinski definition) is 4. The van der Waals surface area contributed by atoms with Gasteiger partial charge in [0.25, 0.3) is 5.91 Å². The summed E-state index contributed by atoms with van der Waals surface area (Å²) >= 11 is 0. The lowest BCUT2D eigenvalue weighted by atomic mass is 10.1. The van der Waals surface area contributed by atoms with Gasteiger partial charge in [0.15, 0.2) is 0 Å². The van der Waals surface area contributed by atoms with Crippen molar-refractivity contribution in [2.24, 2.45) is 5.73 Å². The third-order valence-corrected chi connectivity index (χ3v) is 2.48. The van der Waals surface area contributed by atoms with Gasteiger partial charge < -0.3 is 15.8 Å². The van der Waals surface area contributed by atoms with E-state index in [2.05, 4.69) is 24.1 Å². The number of nitrogens with one attached hydrogen (secondary N) is 1. The molecule has 0 saturated carbocycles. The molecule has 5 heteroatoms. The van der Waals surface area contributed by atoms with Gasteiger partial charge in [0.05, 0.1) is 6.61 Å². The largest absolute Gasteiger partial charge is 0.477 e. The van der Waals surface area contributed by atoms with Gasteiger partial charge in [0.1, 0.15) is 5.56 Å². The van der Waals surface area contributed by atoms with Gasteiger partial charge >= 0.3 is 0 Å². The molecule has 0 fully saturated rings. The molecule has 0 aliphatic heterocycles. The molecule has 1 amide bonds. The van der Waals surface area contributed by atoms with Crippen molar-refractivity contribution in [1.29, 1.82) is 0 Å². The Morgan fingerprint density at radius 1 is 1.56 bits per heavy atom. The monoisotopic (exact) mass is 251 g/mol. The number of pyridine rings is 1. The van der Waals surface area contributed by atoms with Crippen LogP contribution >= 0.6 is 0 Å². The Hall–Kier alpha value is -1.62. The molecule has 0 unspecified atom stereocenters. The fourth-order valence-corrected chi connectivity index (χ4v) is 1.57. The van der Waals surface area contributed by atoms with Gasteiger partial charge in [-0.2, -0.15) is 0 Å². The van der Waals surface area contributed by atoms with Crippen LogP contribution in [0.2, 0.25) is 0 Å². The van der Waals surface area contributed by atoms with Crippen LogP contribution in [0, 0.1) is 6.92 Å². The number of carbonyl (C=O) groups excluding carboxylic acids is 1. The lowest BCUT2D eigenvalue weighted by Crippen LogP contribution is -2.25. The summed E-state index contributed by atoms with van der Waals surface area (Å²) in [5.41, 5.74) is 6.47. The van der Waals surface area contributed by atoms with E-state index in [0.717, 1.165) is 18.5 Å². The summed E-state index contributed by atoms with van der Waals surface area (Å²) in [7, 11) is 0. The van der Waals surface area contributed by atoms with E-state index in [1.54, 1.807) is 12.3 Å². The average Bonchev–Trinajstić information content (AvgIpc) is 2.27. The number of nitrogens with zero attached hydrogens (tertiary/aromatic N) is 1. The number of hydrogen-bond donors (Lipinski definition) is 2. The van der Waals surface area contributed by atoms with E-state index in [4.69, 9.17) is 10.5 Å². The molecule has 18 heavy (non-hydrogen) atoms. The molecule has 1 aromatic rings. The summed E-state index contributed by atoms with van der Waals surface area (Å²) in [6.07, 6.45) is 2.47. The molecule has 3 N–H and O–H groups in total. The molecular weight excluding hydrogens is 230 g/mol. The van der Waals surface area contributed by atoms with Gasteiger partial charge in [-0.15, -0.1) is 0 Å². The topological polar surface area (TPSA) is 77.2 Å². The molecule has 0 radical (unpaired) electrons. The smallest absolute Gasteiger partial charge is 0.254 e. The number of aryl methyl sites for hydroxylation is 1. The lowest BCUT2D eigenvalue weighted by molar-refractivity contribution is 0.0994. The van der Waals surface area contributed by atoms with Crippen LogP contribution in [-0.2, 0) is 0 Å². The van der Waals surface area contributed by atoms with Crippen LogP contribution in [0.15, 0.2) is 12.3 Å². The quantitative estimate of drug-likeness (QED) is 0.715. The minimum atomic E-state index is -0.504. The van der Waals surface area contributed by atoms with Crippen molar-refractivity contribution in [1.82, 2.24) is 10.3 Å². The van der Waals surface area contributed by atoms with E-state index in [-0.39, 0.29) is 0 Å². The third-order valence-electron chi connectivity index (χ3n) is 2.48. The van der Waals surface area contributed by atoms with Crippen molar-refractivity contribution in [3.8, 4) is 5.88 Å². The zero-order chi connectivity index (χ0) is 13.5. The van der Waals surface area contributed by atoms with E-state index >= 15 is 0 Å². The number of amides is 1. The Morgan fingerprint density at radius 2 is 2.28 bits per heavy atom. The fraction of sp³-hybridized carbons (Fsp3) is 0.538. The van der Waals surface area contributed by atoms with E-state index < -0.39 is 5.91 Å². The Labute approximate surface area is 108 Å². The van der Waals surface area contributed by atoms with Crippen LogP contribution in [0.25, 0.3) is 0 Å². The predicted octanol–water partition coefficient (Wildman–Crippen LogP) is 1.26. The molecule has 1 heterocycles. The number of ether oxygens (including phenoxy) is 1. The van der Waals surface area contributed by atoms with Gasteiger partial charge in [-0.05, 0) is 31.5 Å². The zero-order valence-corrected chi connectivity index (χ0v) is 11.2. The summed E-state index contributed by atoms with van der Waals surface area (Å²) < 4.78 is 5.51. The SMILES string of the molecule is Cc1ccnc(OCCCNC(C)C)c1C(N)=O. The number of aromatic nitrogens is 1. The maximum Gasteiger partial charge on any atom is 0.254 e. The van der Waals surface area contributed by atoms with Gasteiger partial charge in [-0.25, -0.2) is 4.98 Å². The van der Waals surface area contributed by atoms with E-state index in [0.29, 0.717) is 24.1 Å². The standard InChI is InChI=1S/C13H21N3O2/c1-9(2)15-6-4-8-18-13-11(12(14)17)10(3)5-7-16-13/h5,7,9,15H,4,6,8H2,1-3H3,(H2,14,17). The summed E-state index contributed by atoms with van der Waals surface area (Å²) in [5, 5.41) is 3.29. The van der Waals surface area contributed by atoms with Crippen LogP contribution in [0.1, 0.15) is 36.2 Å². The summed E-state index contributed by atoms with van der Waals surface area (Å²) in [6, 6.07) is 2.20. The van der Waals surface area contributed by atoms with Crippen LogP contribution in [0.3, 0.4) is 0 Å². The highest BCUT2D eigenvalue weighted by molar-refractivity contribution is 5.96. The molecule has 0 atom stereocenters. The second-order valence-electron chi connectivity index (χ2n) is 4.48. The van der Waals surface area contributed by atoms with Crippen LogP contribution in [0.4, 0.5) is 0 Å². The van der Waals surface area contributed by atoms with Crippen molar-refractivity contribution in [3.63, 3.8) is 0 Å². The number of carbonyl (C=O) groups is 1. The summed E-state index contributed by atoms with van der Waals surface area (Å²) in [6.45, 7) is 7.38. The molecule has 0 aliphatic rings. The molecule has 0 spiro atoms. The second kappa shape index (κ2) is 6.96. The molecule has 100 valence electrons. The average molecular weight is 251 g/mol. The Morgan fingerprint density at radius 3 is 2.89 bits per heavy atom. The Balaban J connectivity index is 2.52. The number of primary amides is 1. The number of nitrogens with two attached hydrogens (primary N) is 1. The Bertz CT molecular complexity index is 405. The van der Waals surface area contributed by atoms with Crippen molar-refractivity contribution in [2.45, 2.75) is 33.2 Å². The highest BCUT2D eigenvalue weighted by atomic mass is 16.5. The summed E-state index contributed by atoms with van der Waals surface area (Å²) in [4.78, 5) is 15.4. The highest BCUT2D eigenvalue weighted by Gasteiger charge is 2.13. The molecule has 5 nitrogen and oxygen atoms in total. The van der Waals surface area contributed by atoms with Gasteiger partial charge in [-0.3, -0.25) is 4.79 Å². The third kappa shape index (κ3) is 4.33. The number of rotatable bonds is 7. The highest BCUT2D eigenvalue weighted by Crippen LogP contribution is 2.18. The first kappa shape index (κ1) is 14.4. The van der Waals surface area contributed by atoms with Crippen LogP contribution in [0.5, 0.6) is 5.88 Å². The molecule has 0 aliphatic carbocycles. The predicted molar refractivity (Wildman–Crippen MR) is 70.7 cm³/mol. The maximum atomic E-state index is 11.3. The van der Waals surface area contributed by atoms with Crippen LogP contribution < -0.4 is 15.8 Å². The van der Waals surface area contributed by atoms with Gasteiger partial charge in [0, 0.05) is 12.2 Å². The molecule has 0 bridgehead atoms. The lowest BCUT2D eigenvalue weighted by Gasteiger charge is -2.11. The van der Waals surface area contributed by atoms with Gasteiger partial charge in [0.2, 0.25) is 5.88 Å². The molecule has 1 rings (SSSR count). The van der Waals surface area contributed by atoms with E-state index in [1.165, 1.54) is 0 Å². The second-order valence-corrected chi connectivity index (χ2v) is 4.48. The van der Waals surface area contributed by atoms with E-state index in [1.807, 2.05) is 6.92 Å². The Kier molecular flexibility index (Phi) is 5.58. The van der Waals surface area contributed by atoms with E-state index in [9.17, 15) is 4.79 Å². The molecule has 0 aromatic carbocycles. The minimum absolute atomic E-state index is 0.326. The van der Waals surface area contributed by atoms with Crippen molar-refractivity contribution >= 4 is 5.91 Å². The first-order valence-corrected chi connectivity index (χ1v) is 6.14. The van der Waals surface area contributed by atoms with Crippen molar-refractivity contribution in [2.75, 3.05) is 13.2 Å². The minimum Gasteiger partial charge on any atom is -0.477 e. The molecule has 0 saturated heterocycles. The normalized spacial score (nSPS) is 10.7. The summed E-state index contributed by atoms with van der Waals surface area (Å²) in [5.74, 6) is -0.178. The van der Waals surface area contributed by atoms with Crippen molar-refractivity contribution in [3.05, 3.63) is 23.4 Å². The van der Waals surface area contributed by atoms with Crippen molar-refractivity contribution < 1.29 is 9.53 Å². The fourth-order valence-electron chi connectivity index (χ4n) is 1.57. The van der Waals surface area contributed by atoms with Crippen LogP contribution in [-0.4, -0.2) is 30.1 Å². The van der Waals surface area contributed by atoms with Gasteiger partial charge in [-0.1, -0.05) is 13.8 Å². The molecule has 1 aromatic heterocycles. The zero-order valence-electron chi connectivity index (χ0n) is 11.2. The molecular formula is C13H21N3O2. The first-order chi connectivity index (χ1) is 8.52. The first-order valence-electron chi connectivity index (χ1n) is 6.14.